The molecule has 7 heteroatoms. The number of thiazole rings is 1. The normalized spacial score (nSPS) is 11.8. The number of rotatable bonds is 2. The second-order valence-corrected chi connectivity index (χ2v) is 4.84. The molecule has 0 radical (unpaired) electrons. The van der Waals surface area contributed by atoms with Gasteiger partial charge in [0.25, 0.3) is 0 Å². The number of hydrogen-bond donors (Lipinski definition) is 0. The Labute approximate surface area is 116 Å². The first-order valence-electron chi connectivity index (χ1n) is 5.68. The average Bonchev–Trinajstić information content (AvgIpc) is 3.08. The third kappa shape index (κ3) is 2.32. The summed E-state index contributed by atoms with van der Waals surface area (Å²) in [5.74, 6) is 0. The second kappa shape index (κ2) is 4.75. The summed E-state index contributed by atoms with van der Waals surface area (Å²) in [7, 11) is 0. The van der Waals surface area contributed by atoms with Crippen molar-refractivity contribution in [1.82, 2.24) is 14.8 Å². The largest absolute Gasteiger partial charge is 0.433 e. The zero-order valence-corrected chi connectivity index (χ0v) is 10.8. The minimum atomic E-state index is -4.45. The molecule has 0 unspecified atom stereocenters. The lowest BCUT2D eigenvalue weighted by Gasteiger charge is -2.07. The average molecular weight is 295 g/mol. The van der Waals surface area contributed by atoms with Crippen LogP contribution in [0.3, 0.4) is 0 Å². The fourth-order valence-corrected chi connectivity index (χ4v) is 2.58. The fourth-order valence-electron chi connectivity index (χ4n) is 1.77. The summed E-state index contributed by atoms with van der Waals surface area (Å²) >= 11 is 1.12. The minimum Gasteiger partial charge on any atom is -0.218 e. The molecule has 0 N–H and O–H groups in total. The molecule has 2 aromatic heterocycles. The van der Waals surface area contributed by atoms with E-state index < -0.39 is 11.9 Å². The SMILES string of the molecule is FC(F)(F)c1ccnn1-c1nc(-c2ccccc2)cs1. The van der Waals surface area contributed by atoms with E-state index in [4.69, 9.17) is 0 Å². The first kappa shape index (κ1) is 12.9. The molecule has 3 rings (SSSR count). The molecule has 0 atom stereocenters. The van der Waals surface area contributed by atoms with Crippen LogP contribution in [0.4, 0.5) is 13.2 Å². The van der Waals surface area contributed by atoms with Crippen molar-refractivity contribution < 1.29 is 13.2 Å². The van der Waals surface area contributed by atoms with E-state index >= 15 is 0 Å². The molecule has 0 aliphatic carbocycles. The first-order chi connectivity index (χ1) is 9.55. The summed E-state index contributed by atoms with van der Waals surface area (Å²) in [5.41, 5.74) is 0.663. The molecule has 0 saturated heterocycles. The molecule has 20 heavy (non-hydrogen) atoms. The van der Waals surface area contributed by atoms with Crippen molar-refractivity contribution >= 4 is 11.3 Å². The van der Waals surface area contributed by atoms with Gasteiger partial charge in [0.2, 0.25) is 5.13 Å². The van der Waals surface area contributed by atoms with Gasteiger partial charge < -0.3 is 0 Å². The minimum absolute atomic E-state index is 0.196. The molecule has 0 aliphatic heterocycles. The van der Waals surface area contributed by atoms with Crippen molar-refractivity contribution in [1.29, 1.82) is 0 Å². The lowest BCUT2D eigenvalue weighted by molar-refractivity contribution is -0.142. The highest BCUT2D eigenvalue weighted by molar-refractivity contribution is 7.12. The van der Waals surface area contributed by atoms with Crippen molar-refractivity contribution in [2.75, 3.05) is 0 Å². The maximum absolute atomic E-state index is 12.8. The van der Waals surface area contributed by atoms with Crippen LogP contribution in [0.25, 0.3) is 16.4 Å². The van der Waals surface area contributed by atoms with Crippen LogP contribution in [-0.2, 0) is 6.18 Å². The predicted octanol–water partition coefficient (Wildman–Crippen LogP) is 4.01. The molecule has 102 valence electrons. The van der Waals surface area contributed by atoms with Gasteiger partial charge in [-0.2, -0.15) is 18.3 Å². The molecular weight excluding hydrogens is 287 g/mol. The van der Waals surface area contributed by atoms with Crippen molar-refractivity contribution in [3.63, 3.8) is 0 Å². The summed E-state index contributed by atoms with van der Waals surface area (Å²) in [6.45, 7) is 0. The van der Waals surface area contributed by atoms with Crippen LogP contribution in [0.2, 0.25) is 0 Å². The van der Waals surface area contributed by atoms with E-state index in [-0.39, 0.29) is 5.13 Å². The molecule has 0 fully saturated rings. The standard InChI is InChI=1S/C13H8F3N3S/c14-13(15,16)11-6-7-17-19(11)12-18-10(8-20-12)9-4-2-1-3-5-9/h1-8H. The zero-order valence-electron chi connectivity index (χ0n) is 10.0. The molecule has 3 aromatic rings. The zero-order chi connectivity index (χ0) is 14.2. The quantitative estimate of drug-likeness (QED) is 0.715. The van der Waals surface area contributed by atoms with Gasteiger partial charge in [0.15, 0.2) is 5.69 Å². The lowest BCUT2D eigenvalue weighted by atomic mass is 10.2. The van der Waals surface area contributed by atoms with Gasteiger partial charge in [-0.1, -0.05) is 30.3 Å². The monoisotopic (exact) mass is 295 g/mol. The van der Waals surface area contributed by atoms with Gasteiger partial charge in [-0.25, -0.2) is 9.67 Å². The van der Waals surface area contributed by atoms with Gasteiger partial charge in [0.1, 0.15) is 0 Å². The highest BCUT2D eigenvalue weighted by Gasteiger charge is 2.35. The highest BCUT2D eigenvalue weighted by atomic mass is 32.1. The molecule has 0 saturated carbocycles. The summed E-state index contributed by atoms with van der Waals surface area (Å²) in [5, 5.41) is 5.61. The maximum atomic E-state index is 12.8. The molecule has 2 heterocycles. The number of nitrogens with zero attached hydrogens (tertiary/aromatic N) is 3. The van der Waals surface area contributed by atoms with E-state index in [1.165, 1.54) is 0 Å². The molecule has 3 nitrogen and oxygen atoms in total. The Hall–Kier alpha value is -2.15. The van der Waals surface area contributed by atoms with E-state index in [1.54, 1.807) is 5.38 Å². The number of halogens is 3. The van der Waals surface area contributed by atoms with Crippen molar-refractivity contribution in [3.05, 3.63) is 53.7 Å². The van der Waals surface area contributed by atoms with Crippen molar-refractivity contribution in [2.45, 2.75) is 6.18 Å². The van der Waals surface area contributed by atoms with Crippen LogP contribution in [0.15, 0.2) is 48.0 Å². The van der Waals surface area contributed by atoms with Crippen LogP contribution >= 0.6 is 11.3 Å². The molecule has 1 aromatic carbocycles. The van der Waals surface area contributed by atoms with E-state index in [9.17, 15) is 13.2 Å². The highest BCUT2D eigenvalue weighted by Crippen LogP contribution is 2.32. The smallest absolute Gasteiger partial charge is 0.218 e. The second-order valence-electron chi connectivity index (χ2n) is 4.01. The third-order valence-electron chi connectivity index (χ3n) is 2.68. The predicted molar refractivity (Wildman–Crippen MR) is 69.7 cm³/mol. The Morgan fingerprint density at radius 2 is 1.80 bits per heavy atom. The van der Waals surface area contributed by atoms with E-state index in [1.807, 2.05) is 30.3 Å². The topological polar surface area (TPSA) is 30.7 Å². The van der Waals surface area contributed by atoms with Crippen LogP contribution in [0, 0.1) is 0 Å². The fraction of sp³-hybridized carbons (Fsp3) is 0.0769. The summed E-state index contributed by atoms with van der Waals surface area (Å²) in [6, 6.07) is 10.2. The van der Waals surface area contributed by atoms with Crippen LogP contribution in [-0.4, -0.2) is 14.8 Å². The molecule has 0 bridgehead atoms. The molecule has 0 amide bonds. The van der Waals surface area contributed by atoms with Crippen molar-refractivity contribution in [2.24, 2.45) is 0 Å². The van der Waals surface area contributed by atoms with Crippen molar-refractivity contribution in [3.8, 4) is 16.4 Å². The Kier molecular flexibility index (Phi) is 3.06. The lowest BCUT2D eigenvalue weighted by Crippen LogP contribution is -2.12. The van der Waals surface area contributed by atoms with Gasteiger partial charge in [0, 0.05) is 10.9 Å². The Bertz CT molecular complexity index is 716. The van der Waals surface area contributed by atoms with Crippen LogP contribution in [0.1, 0.15) is 5.69 Å². The summed E-state index contributed by atoms with van der Waals surface area (Å²) < 4.78 is 39.3. The number of benzene rings is 1. The molecular formula is C13H8F3N3S. The van der Waals surface area contributed by atoms with Gasteiger partial charge in [-0.15, -0.1) is 11.3 Å². The van der Waals surface area contributed by atoms with E-state index in [0.717, 1.165) is 33.8 Å². The van der Waals surface area contributed by atoms with Crippen LogP contribution in [0.5, 0.6) is 0 Å². The molecule has 0 spiro atoms. The Morgan fingerprint density at radius 1 is 1.05 bits per heavy atom. The third-order valence-corrected chi connectivity index (χ3v) is 3.49. The Morgan fingerprint density at radius 3 is 2.50 bits per heavy atom. The first-order valence-corrected chi connectivity index (χ1v) is 6.56. The van der Waals surface area contributed by atoms with Gasteiger partial charge in [-0.3, -0.25) is 0 Å². The van der Waals surface area contributed by atoms with Crippen LogP contribution < -0.4 is 0 Å². The van der Waals surface area contributed by atoms with E-state index in [0.29, 0.717) is 5.69 Å². The van der Waals surface area contributed by atoms with Gasteiger partial charge in [0.05, 0.1) is 11.9 Å². The number of alkyl halides is 3. The van der Waals surface area contributed by atoms with E-state index in [2.05, 4.69) is 10.1 Å². The van der Waals surface area contributed by atoms with Gasteiger partial charge in [-0.05, 0) is 6.07 Å². The molecule has 0 aliphatic rings. The summed E-state index contributed by atoms with van der Waals surface area (Å²) in [6.07, 6.45) is -3.33. The number of aromatic nitrogens is 3. The Balaban J connectivity index is 2.02. The maximum Gasteiger partial charge on any atom is 0.433 e. The number of hydrogen-bond acceptors (Lipinski definition) is 3. The summed E-state index contributed by atoms with van der Waals surface area (Å²) in [4.78, 5) is 4.22. The van der Waals surface area contributed by atoms with Gasteiger partial charge >= 0.3 is 6.18 Å².